The highest BCUT2D eigenvalue weighted by atomic mass is 16.7. The highest BCUT2D eigenvalue weighted by molar-refractivity contribution is 6.01. The zero-order chi connectivity index (χ0) is 26.5. The fourth-order valence-corrected chi connectivity index (χ4v) is 5.74. The normalized spacial score (nSPS) is 31.3. The third-order valence-electron chi connectivity index (χ3n) is 6.97. The van der Waals surface area contributed by atoms with Crippen LogP contribution < -0.4 is 10.5 Å². The van der Waals surface area contributed by atoms with Crippen molar-refractivity contribution < 1.29 is 33.3 Å². The molecule has 2 amide bonds. The van der Waals surface area contributed by atoms with Gasteiger partial charge in [0.25, 0.3) is 0 Å². The molecule has 3 heterocycles. The molecule has 3 aliphatic rings. The lowest BCUT2D eigenvalue weighted by Crippen LogP contribution is -2.65. The number of piperidine rings is 1. The van der Waals surface area contributed by atoms with E-state index in [1.807, 2.05) is 65.8 Å². The van der Waals surface area contributed by atoms with Gasteiger partial charge in [0, 0.05) is 25.3 Å². The second-order valence-electron chi connectivity index (χ2n) is 11.7. The molecule has 1 aromatic rings. The van der Waals surface area contributed by atoms with Crippen molar-refractivity contribution in [2.45, 2.75) is 102 Å². The van der Waals surface area contributed by atoms with Crippen LogP contribution in [0.25, 0.3) is 0 Å². The van der Waals surface area contributed by atoms with Crippen molar-refractivity contribution in [3.8, 4) is 5.75 Å². The van der Waals surface area contributed by atoms with Crippen LogP contribution >= 0.6 is 0 Å². The minimum Gasteiger partial charge on any atom is -0.468 e. The summed E-state index contributed by atoms with van der Waals surface area (Å²) in [6, 6.07) is 7.49. The number of benzene rings is 1. The molecule has 0 aliphatic carbocycles. The van der Waals surface area contributed by atoms with Gasteiger partial charge in [0.2, 0.25) is 11.8 Å². The third kappa shape index (κ3) is 5.52. The molecule has 2 fully saturated rings. The first-order valence-electron chi connectivity index (χ1n) is 12.6. The van der Waals surface area contributed by atoms with E-state index >= 15 is 0 Å². The molecule has 9 nitrogen and oxygen atoms in total. The zero-order valence-corrected chi connectivity index (χ0v) is 22.0. The van der Waals surface area contributed by atoms with E-state index in [1.54, 1.807) is 4.90 Å². The van der Waals surface area contributed by atoms with Crippen molar-refractivity contribution >= 4 is 17.8 Å². The summed E-state index contributed by atoms with van der Waals surface area (Å²) in [4.78, 5) is 40.0. The van der Waals surface area contributed by atoms with Gasteiger partial charge < -0.3 is 29.6 Å². The van der Waals surface area contributed by atoms with Crippen molar-refractivity contribution in [3.63, 3.8) is 0 Å². The smallest absolute Gasteiger partial charge is 0.308 e. The SMILES string of the molecule is CC(C)(C)OC(=O)C[C@H]1C[C@@H](CCN2C(=O)[C@@H](C(N)=O)[C@H]3C[C@@]2(C)Oc2ccccc23)OC(C)(C)O1. The average molecular weight is 503 g/mol. The molecule has 4 rings (SSSR count). The molecule has 0 spiro atoms. The summed E-state index contributed by atoms with van der Waals surface area (Å²) in [6.45, 7) is 11.3. The number of likely N-dealkylation sites (tertiary alicyclic amines) is 1. The molecule has 3 aliphatic heterocycles. The zero-order valence-electron chi connectivity index (χ0n) is 22.0. The van der Waals surface area contributed by atoms with Crippen molar-refractivity contribution in [2.24, 2.45) is 11.7 Å². The number of carbonyl (C=O) groups excluding carboxylic acids is 3. The topological polar surface area (TPSA) is 117 Å². The summed E-state index contributed by atoms with van der Waals surface area (Å²) in [5, 5.41) is 0. The van der Waals surface area contributed by atoms with Crippen LogP contribution in [-0.2, 0) is 28.6 Å². The maximum absolute atomic E-state index is 13.6. The van der Waals surface area contributed by atoms with Gasteiger partial charge in [-0.25, -0.2) is 0 Å². The molecular weight excluding hydrogens is 464 g/mol. The van der Waals surface area contributed by atoms with Crippen LogP contribution in [-0.4, -0.2) is 58.5 Å². The molecule has 0 aromatic heterocycles. The summed E-state index contributed by atoms with van der Waals surface area (Å²) >= 11 is 0. The van der Waals surface area contributed by atoms with Crippen molar-refractivity contribution in [1.29, 1.82) is 0 Å². The molecule has 5 atom stereocenters. The largest absolute Gasteiger partial charge is 0.468 e. The molecule has 2 N–H and O–H groups in total. The Hall–Kier alpha value is -2.65. The number of nitrogens with zero attached hydrogens (tertiary/aromatic N) is 1. The number of amides is 2. The van der Waals surface area contributed by atoms with E-state index in [1.165, 1.54) is 0 Å². The number of esters is 1. The van der Waals surface area contributed by atoms with Gasteiger partial charge in [-0.3, -0.25) is 14.4 Å². The van der Waals surface area contributed by atoms with Crippen LogP contribution in [0.3, 0.4) is 0 Å². The van der Waals surface area contributed by atoms with Crippen molar-refractivity contribution in [1.82, 2.24) is 4.90 Å². The fraction of sp³-hybridized carbons (Fsp3) is 0.667. The molecule has 0 unspecified atom stereocenters. The number of carbonyl (C=O) groups is 3. The Morgan fingerprint density at radius 3 is 2.47 bits per heavy atom. The predicted molar refractivity (Wildman–Crippen MR) is 131 cm³/mol. The van der Waals surface area contributed by atoms with Gasteiger partial charge in [-0.2, -0.15) is 0 Å². The molecule has 198 valence electrons. The van der Waals surface area contributed by atoms with Gasteiger partial charge in [0.1, 0.15) is 17.3 Å². The molecule has 9 heteroatoms. The Balaban J connectivity index is 1.49. The van der Waals surface area contributed by atoms with Crippen LogP contribution in [0.2, 0.25) is 0 Å². The molecular formula is C27H38N2O7. The van der Waals surface area contributed by atoms with E-state index in [9.17, 15) is 14.4 Å². The third-order valence-corrected chi connectivity index (χ3v) is 6.97. The Labute approximate surface area is 212 Å². The van der Waals surface area contributed by atoms with E-state index < -0.39 is 28.9 Å². The van der Waals surface area contributed by atoms with Crippen LogP contribution in [0.4, 0.5) is 0 Å². The van der Waals surface area contributed by atoms with E-state index in [-0.39, 0.29) is 36.4 Å². The quantitative estimate of drug-likeness (QED) is 0.469. The number of hydrogen-bond acceptors (Lipinski definition) is 7. The van der Waals surface area contributed by atoms with E-state index in [0.29, 0.717) is 31.6 Å². The molecule has 0 radical (unpaired) electrons. The van der Waals surface area contributed by atoms with E-state index in [2.05, 4.69) is 0 Å². The van der Waals surface area contributed by atoms with E-state index in [4.69, 9.17) is 24.7 Å². The average Bonchev–Trinajstić information content (AvgIpc) is 2.70. The first-order valence-corrected chi connectivity index (χ1v) is 12.6. The second kappa shape index (κ2) is 9.34. The summed E-state index contributed by atoms with van der Waals surface area (Å²) < 4.78 is 23.9. The number of primary amides is 1. The summed E-state index contributed by atoms with van der Waals surface area (Å²) in [6.07, 6.45) is 0.921. The summed E-state index contributed by atoms with van der Waals surface area (Å²) in [5.41, 5.74) is 5.09. The lowest BCUT2D eigenvalue weighted by Gasteiger charge is -2.53. The highest BCUT2D eigenvalue weighted by Crippen LogP contribution is 2.50. The Kier molecular flexibility index (Phi) is 6.85. The maximum Gasteiger partial charge on any atom is 0.308 e. The van der Waals surface area contributed by atoms with Crippen LogP contribution in [0.1, 0.15) is 78.7 Å². The fourth-order valence-electron chi connectivity index (χ4n) is 5.74. The predicted octanol–water partition coefficient (Wildman–Crippen LogP) is 3.24. The Bertz CT molecular complexity index is 1030. The van der Waals surface area contributed by atoms with Crippen molar-refractivity contribution in [2.75, 3.05) is 6.54 Å². The first-order chi connectivity index (χ1) is 16.7. The number of rotatable bonds is 6. The monoisotopic (exact) mass is 502 g/mol. The Morgan fingerprint density at radius 2 is 1.81 bits per heavy atom. The summed E-state index contributed by atoms with van der Waals surface area (Å²) in [5.74, 6) is -2.78. The Morgan fingerprint density at radius 1 is 1.14 bits per heavy atom. The minimum absolute atomic E-state index is 0.117. The minimum atomic E-state index is -0.949. The number of ether oxygens (including phenoxy) is 4. The van der Waals surface area contributed by atoms with Gasteiger partial charge in [-0.15, -0.1) is 0 Å². The van der Waals surface area contributed by atoms with Gasteiger partial charge in [0.05, 0.1) is 18.6 Å². The lowest BCUT2D eigenvalue weighted by atomic mass is 9.73. The van der Waals surface area contributed by atoms with Gasteiger partial charge in [-0.1, -0.05) is 18.2 Å². The second-order valence-corrected chi connectivity index (χ2v) is 11.7. The highest BCUT2D eigenvalue weighted by Gasteiger charge is 2.55. The maximum atomic E-state index is 13.6. The van der Waals surface area contributed by atoms with Gasteiger partial charge >= 0.3 is 5.97 Å². The number of nitrogens with two attached hydrogens (primary N) is 1. The van der Waals surface area contributed by atoms with Gasteiger partial charge in [0.15, 0.2) is 11.5 Å². The van der Waals surface area contributed by atoms with Crippen LogP contribution in [0.5, 0.6) is 5.75 Å². The van der Waals surface area contributed by atoms with E-state index in [0.717, 1.165) is 5.56 Å². The first kappa shape index (κ1) is 26.4. The van der Waals surface area contributed by atoms with Crippen LogP contribution in [0, 0.1) is 5.92 Å². The number of fused-ring (bicyclic) bond motifs is 4. The standard InChI is InChI=1S/C27H38N2O7/c1-25(2,3)36-21(30)14-17-13-16(33-26(4,5)34-17)11-12-29-24(32)22(23(28)31)19-15-27(29,6)35-20-10-8-7-9-18(19)20/h7-10,16-17,19,22H,11-15H2,1-6H3,(H2,28,31)/t16-,17-,19+,22-,27-/m1/s1. The molecule has 0 saturated carbocycles. The number of para-hydroxylation sites is 1. The number of hydrogen-bond donors (Lipinski definition) is 1. The molecule has 2 saturated heterocycles. The van der Waals surface area contributed by atoms with Gasteiger partial charge in [-0.05, 0) is 59.6 Å². The molecule has 2 bridgehead atoms. The molecule has 1 aromatic carbocycles. The van der Waals surface area contributed by atoms with Crippen molar-refractivity contribution in [3.05, 3.63) is 29.8 Å². The summed E-state index contributed by atoms with van der Waals surface area (Å²) in [7, 11) is 0. The van der Waals surface area contributed by atoms with Crippen LogP contribution in [0.15, 0.2) is 24.3 Å². The lowest BCUT2D eigenvalue weighted by molar-refractivity contribution is -0.301. The molecule has 36 heavy (non-hydrogen) atoms.